The van der Waals surface area contributed by atoms with Gasteiger partial charge >= 0.3 is 6.09 Å². The van der Waals surface area contributed by atoms with Gasteiger partial charge in [0.05, 0.1) is 11.4 Å². The van der Waals surface area contributed by atoms with Gasteiger partial charge < -0.3 is 20.6 Å². The normalized spacial score (nSPS) is 15.3. The minimum absolute atomic E-state index is 0.290. The summed E-state index contributed by atoms with van der Waals surface area (Å²) >= 11 is 0. The van der Waals surface area contributed by atoms with Crippen molar-refractivity contribution >= 4 is 29.1 Å². The molecular weight excluding hydrogens is 392 g/mol. The summed E-state index contributed by atoms with van der Waals surface area (Å²) in [6, 6.07) is 14.5. The molecule has 1 aliphatic heterocycles. The van der Waals surface area contributed by atoms with Gasteiger partial charge in [0.25, 0.3) is 5.91 Å². The van der Waals surface area contributed by atoms with E-state index in [2.05, 4.69) is 41.6 Å². The smallest absolute Gasteiger partial charge is 0.409 e. The van der Waals surface area contributed by atoms with Gasteiger partial charge in [0, 0.05) is 36.9 Å². The van der Waals surface area contributed by atoms with Gasteiger partial charge in [-0.25, -0.2) is 4.79 Å². The molecule has 1 saturated heterocycles. The molecule has 31 heavy (non-hydrogen) atoms. The van der Waals surface area contributed by atoms with Crippen LogP contribution in [-0.4, -0.2) is 47.7 Å². The Morgan fingerprint density at radius 2 is 1.55 bits per heavy atom. The fourth-order valence-corrected chi connectivity index (χ4v) is 3.87. The molecule has 1 heterocycles. The number of carbonyl (C=O) groups excluding carboxylic acids is 1. The van der Waals surface area contributed by atoms with Crippen LogP contribution in [0.1, 0.15) is 44.0 Å². The highest BCUT2D eigenvalue weighted by atomic mass is 16.4. The van der Waals surface area contributed by atoms with Crippen LogP contribution in [-0.2, 0) is 0 Å². The van der Waals surface area contributed by atoms with Crippen LogP contribution in [0.15, 0.2) is 48.5 Å². The predicted octanol–water partition coefficient (Wildman–Crippen LogP) is 4.95. The van der Waals surface area contributed by atoms with Gasteiger partial charge in [0.2, 0.25) is 0 Å². The Kier molecular flexibility index (Phi) is 7.17. The number of hydrogen-bond acceptors (Lipinski definition) is 4. The zero-order valence-electron chi connectivity index (χ0n) is 18.4. The van der Waals surface area contributed by atoms with Crippen LogP contribution < -0.4 is 16.0 Å². The van der Waals surface area contributed by atoms with E-state index < -0.39 is 6.09 Å². The fourth-order valence-electron chi connectivity index (χ4n) is 3.87. The minimum atomic E-state index is -1.18. The Bertz CT molecular complexity index is 898. The molecule has 0 spiro atoms. The van der Waals surface area contributed by atoms with Crippen LogP contribution in [0.3, 0.4) is 0 Å². The van der Waals surface area contributed by atoms with E-state index in [4.69, 9.17) is 5.11 Å². The van der Waals surface area contributed by atoms with Crippen LogP contribution in [0.25, 0.3) is 0 Å². The Morgan fingerprint density at radius 1 is 0.968 bits per heavy atom. The third kappa shape index (κ3) is 7.00. The van der Waals surface area contributed by atoms with Crippen LogP contribution in [0.5, 0.6) is 0 Å². The highest BCUT2D eigenvalue weighted by molar-refractivity contribution is 6.06. The molecule has 4 N–H and O–H groups in total. The molecule has 1 fully saturated rings. The number of carbonyl (C=O) groups is 2. The van der Waals surface area contributed by atoms with E-state index >= 15 is 0 Å². The summed E-state index contributed by atoms with van der Waals surface area (Å²) in [5, 5.41) is 17.6. The van der Waals surface area contributed by atoms with Gasteiger partial charge in [-0.15, -0.1) is 0 Å². The van der Waals surface area contributed by atoms with Gasteiger partial charge in [-0.2, -0.15) is 0 Å². The van der Waals surface area contributed by atoms with E-state index in [1.807, 2.05) is 12.1 Å². The average Bonchev–Trinajstić information content (AvgIpc) is 2.70. The first-order valence-corrected chi connectivity index (χ1v) is 10.7. The number of hydrogen-bond donors (Lipinski definition) is 4. The Hall–Kier alpha value is -3.06. The van der Waals surface area contributed by atoms with Crippen molar-refractivity contribution in [2.24, 2.45) is 5.41 Å². The van der Waals surface area contributed by atoms with Gasteiger partial charge in [-0.05, 0) is 54.7 Å². The van der Waals surface area contributed by atoms with E-state index in [9.17, 15) is 9.59 Å². The maximum absolute atomic E-state index is 12.6. The number of benzene rings is 2. The molecule has 166 valence electrons. The second-order valence-corrected chi connectivity index (χ2v) is 9.26. The lowest BCUT2D eigenvalue weighted by atomic mass is 9.94. The Morgan fingerprint density at radius 3 is 2.10 bits per heavy atom. The van der Waals surface area contributed by atoms with Gasteiger partial charge in [-0.3, -0.25) is 10.1 Å². The van der Waals surface area contributed by atoms with Crippen LogP contribution in [0.2, 0.25) is 0 Å². The number of piperidine rings is 1. The first-order valence-electron chi connectivity index (χ1n) is 10.7. The van der Waals surface area contributed by atoms with Crippen molar-refractivity contribution in [1.29, 1.82) is 0 Å². The molecule has 0 unspecified atom stereocenters. The van der Waals surface area contributed by atoms with E-state index in [-0.39, 0.29) is 5.91 Å². The lowest BCUT2D eigenvalue weighted by molar-refractivity contribution is 0.102. The number of amides is 2. The Balaban J connectivity index is 1.54. The van der Waals surface area contributed by atoms with Crippen molar-refractivity contribution in [2.45, 2.75) is 39.7 Å². The topological polar surface area (TPSA) is 93.7 Å². The fraction of sp³-hybridized carbons (Fsp3) is 0.417. The lowest BCUT2D eigenvalue weighted by Crippen LogP contribution is -2.42. The predicted molar refractivity (Wildman–Crippen MR) is 125 cm³/mol. The molecule has 0 bridgehead atoms. The zero-order valence-corrected chi connectivity index (χ0v) is 18.4. The number of likely N-dealkylation sites (tertiary alicyclic amines) is 1. The van der Waals surface area contributed by atoms with Crippen molar-refractivity contribution in [3.8, 4) is 0 Å². The quantitative estimate of drug-likeness (QED) is 0.526. The average molecular weight is 425 g/mol. The number of rotatable bonds is 6. The molecule has 3 rings (SSSR count). The molecule has 7 nitrogen and oxygen atoms in total. The molecule has 2 amide bonds. The van der Waals surface area contributed by atoms with Crippen molar-refractivity contribution in [3.63, 3.8) is 0 Å². The summed E-state index contributed by atoms with van der Waals surface area (Å²) in [7, 11) is 0. The van der Waals surface area contributed by atoms with E-state index in [0.717, 1.165) is 38.2 Å². The number of para-hydroxylation sites is 2. The standard InChI is InChI=1S/C24H32N4O3/c1-24(2,3)16-28-14-12-19(13-15-28)25-18-10-8-17(9-11-18)22(29)26-20-6-4-5-7-21(20)27-23(30)31/h4-11,19,25,27H,12-16H2,1-3H3,(H,26,29)(H,30,31). The number of nitrogens with zero attached hydrogens (tertiary/aromatic N) is 1. The molecule has 2 aromatic rings. The van der Waals surface area contributed by atoms with E-state index in [1.165, 1.54) is 0 Å². The molecule has 0 aliphatic carbocycles. The summed E-state index contributed by atoms with van der Waals surface area (Å²) in [4.78, 5) is 26.0. The third-order valence-corrected chi connectivity index (χ3v) is 5.22. The van der Waals surface area contributed by atoms with E-state index in [0.29, 0.717) is 28.4 Å². The van der Waals surface area contributed by atoms with Gasteiger partial charge in [-0.1, -0.05) is 32.9 Å². The second kappa shape index (κ2) is 9.83. The highest BCUT2D eigenvalue weighted by Gasteiger charge is 2.23. The molecule has 0 radical (unpaired) electrons. The van der Waals surface area contributed by atoms with Gasteiger partial charge in [0.1, 0.15) is 0 Å². The summed E-state index contributed by atoms with van der Waals surface area (Å²) in [5.41, 5.74) is 2.58. The van der Waals surface area contributed by atoms with Crippen molar-refractivity contribution in [1.82, 2.24) is 4.90 Å². The van der Waals surface area contributed by atoms with E-state index in [1.54, 1.807) is 36.4 Å². The van der Waals surface area contributed by atoms with Gasteiger partial charge in [0.15, 0.2) is 0 Å². The first-order chi connectivity index (χ1) is 14.7. The summed E-state index contributed by atoms with van der Waals surface area (Å²) in [6.45, 7) is 10.1. The lowest BCUT2D eigenvalue weighted by Gasteiger charge is -2.36. The number of anilines is 3. The monoisotopic (exact) mass is 424 g/mol. The van der Waals surface area contributed by atoms with Crippen molar-refractivity contribution < 1.29 is 14.7 Å². The highest BCUT2D eigenvalue weighted by Crippen LogP contribution is 2.23. The second-order valence-electron chi connectivity index (χ2n) is 9.26. The molecular formula is C24H32N4O3. The minimum Gasteiger partial charge on any atom is -0.465 e. The summed E-state index contributed by atoms with van der Waals surface area (Å²) < 4.78 is 0. The first kappa shape index (κ1) is 22.6. The molecule has 0 saturated carbocycles. The van der Waals surface area contributed by atoms with Crippen LogP contribution in [0.4, 0.5) is 21.9 Å². The maximum atomic E-state index is 12.6. The molecule has 2 aromatic carbocycles. The van der Waals surface area contributed by atoms with Crippen LogP contribution in [0, 0.1) is 5.41 Å². The molecule has 7 heteroatoms. The maximum Gasteiger partial charge on any atom is 0.409 e. The molecule has 0 atom stereocenters. The number of nitrogens with one attached hydrogen (secondary N) is 3. The Labute approximate surface area is 183 Å². The SMILES string of the molecule is CC(C)(C)CN1CCC(Nc2ccc(C(=O)Nc3ccccc3NC(=O)O)cc2)CC1. The molecule has 1 aliphatic rings. The third-order valence-electron chi connectivity index (χ3n) is 5.22. The zero-order chi connectivity index (χ0) is 22.4. The number of carboxylic acid groups (broad SMARTS) is 1. The summed E-state index contributed by atoms with van der Waals surface area (Å²) in [5.74, 6) is -0.290. The van der Waals surface area contributed by atoms with Crippen molar-refractivity contribution in [2.75, 3.05) is 35.6 Å². The van der Waals surface area contributed by atoms with Crippen LogP contribution >= 0.6 is 0 Å². The summed E-state index contributed by atoms with van der Waals surface area (Å²) in [6.07, 6.45) is 1.03. The van der Waals surface area contributed by atoms with Crippen molar-refractivity contribution in [3.05, 3.63) is 54.1 Å². The largest absolute Gasteiger partial charge is 0.465 e. The molecule has 0 aromatic heterocycles.